The van der Waals surface area contributed by atoms with Crippen LogP contribution in [0.25, 0.3) is 0 Å². The number of hydrogen-bond donors (Lipinski definition) is 4. The minimum absolute atomic E-state index is 0.0519. The van der Waals surface area contributed by atoms with E-state index in [9.17, 15) is 14.4 Å². The van der Waals surface area contributed by atoms with Crippen LogP contribution in [0.4, 0.5) is 0 Å². The van der Waals surface area contributed by atoms with Gasteiger partial charge < -0.3 is 20.5 Å². The minimum atomic E-state index is -1.16. The van der Waals surface area contributed by atoms with Gasteiger partial charge >= 0.3 is 11.9 Å². The molecule has 0 fully saturated rings. The first kappa shape index (κ1) is 16.7. The number of aromatic nitrogens is 2. The fraction of sp³-hybridized carbons (Fsp3) is 0.538. The molecule has 0 aliphatic heterocycles. The van der Waals surface area contributed by atoms with E-state index < -0.39 is 29.3 Å². The maximum absolute atomic E-state index is 11.8. The van der Waals surface area contributed by atoms with Crippen LogP contribution in [0.5, 0.6) is 0 Å². The minimum Gasteiger partial charge on any atom is -0.481 e. The van der Waals surface area contributed by atoms with Crippen molar-refractivity contribution in [2.24, 2.45) is 5.41 Å². The van der Waals surface area contributed by atoms with Gasteiger partial charge in [0.05, 0.1) is 17.4 Å². The van der Waals surface area contributed by atoms with E-state index in [1.807, 2.05) is 0 Å². The smallest absolute Gasteiger partial charge is 0.326 e. The zero-order valence-electron chi connectivity index (χ0n) is 11.9. The van der Waals surface area contributed by atoms with Gasteiger partial charge in [-0.2, -0.15) is 0 Å². The summed E-state index contributed by atoms with van der Waals surface area (Å²) in [5, 5.41) is 20.4. The molecule has 1 unspecified atom stereocenters. The van der Waals surface area contributed by atoms with Crippen LogP contribution in [0.15, 0.2) is 12.5 Å². The second kappa shape index (κ2) is 6.87. The number of H-pyrrole nitrogens is 1. The van der Waals surface area contributed by atoms with Crippen LogP contribution < -0.4 is 5.32 Å². The van der Waals surface area contributed by atoms with E-state index >= 15 is 0 Å². The van der Waals surface area contributed by atoms with Gasteiger partial charge in [0.1, 0.15) is 6.04 Å². The molecule has 1 rings (SSSR count). The number of aliphatic carboxylic acids is 2. The molecule has 21 heavy (non-hydrogen) atoms. The van der Waals surface area contributed by atoms with Crippen molar-refractivity contribution in [3.05, 3.63) is 18.2 Å². The van der Waals surface area contributed by atoms with Crippen molar-refractivity contribution in [1.29, 1.82) is 0 Å². The lowest BCUT2D eigenvalue weighted by Gasteiger charge is -2.19. The third-order valence-electron chi connectivity index (χ3n) is 3.16. The van der Waals surface area contributed by atoms with Gasteiger partial charge in [-0.25, -0.2) is 9.78 Å². The van der Waals surface area contributed by atoms with Gasteiger partial charge in [0.2, 0.25) is 5.91 Å². The first-order valence-electron chi connectivity index (χ1n) is 6.45. The van der Waals surface area contributed by atoms with Gasteiger partial charge in [0.15, 0.2) is 0 Å². The van der Waals surface area contributed by atoms with Crippen molar-refractivity contribution in [3.8, 4) is 0 Å². The maximum Gasteiger partial charge on any atom is 0.326 e. The van der Waals surface area contributed by atoms with Crippen LogP contribution in [-0.2, 0) is 20.8 Å². The number of carbonyl (C=O) groups is 3. The summed E-state index contributed by atoms with van der Waals surface area (Å²) < 4.78 is 0. The van der Waals surface area contributed by atoms with E-state index in [1.165, 1.54) is 20.2 Å². The topological polar surface area (TPSA) is 132 Å². The largest absolute Gasteiger partial charge is 0.481 e. The zero-order valence-corrected chi connectivity index (χ0v) is 11.9. The number of nitrogens with one attached hydrogen (secondary N) is 2. The van der Waals surface area contributed by atoms with Gasteiger partial charge in [-0.05, 0) is 20.3 Å². The molecule has 0 saturated carbocycles. The molecule has 0 aromatic carbocycles. The predicted molar refractivity (Wildman–Crippen MR) is 72.5 cm³/mol. The highest BCUT2D eigenvalue weighted by Crippen LogP contribution is 2.22. The summed E-state index contributed by atoms with van der Waals surface area (Å²) in [7, 11) is 0. The van der Waals surface area contributed by atoms with E-state index in [0.717, 1.165) is 0 Å². The Morgan fingerprint density at radius 1 is 1.38 bits per heavy atom. The number of carbonyl (C=O) groups excluding carboxylic acids is 1. The summed E-state index contributed by atoms with van der Waals surface area (Å²) in [4.78, 5) is 40.4. The molecule has 0 saturated heterocycles. The lowest BCUT2D eigenvalue weighted by atomic mass is 9.88. The number of aromatic amines is 1. The second-order valence-electron chi connectivity index (χ2n) is 5.41. The molecule has 0 bridgehead atoms. The van der Waals surface area contributed by atoms with Crippen LogP contribution in [0.2, 0.25) is 0 Å². The summed E-state index contributed by atoms with van der Waals surface area (Å²) in [6, 6.07) is -1.09. The molecule has 1 aromatic heterocycles. The highest BCUT2D eigenvalue weighted by Gasteiger charge is 2.28. The molecule has 0 radical (unpaired) electrons. The van der Waals surface area contributed by atoms with Crippen molar-refractivity contribution < 1.29 is 24.6 Å². The molecule has 0 aliphatic rings. The van der Waals surface area contributed by atoms with E-state index in [2.05, 4.69) is 15.3 Å². The lowest BCUT2D eigenvalue weighted by molar-refractivity contribution is -0.148. The summed E-state index contributed by atoms with van der Waals surface area (Å²) in [6.07, 6.45) is 3.11. The van der Waals surface area contributed by atoms with E-state index in [4.69, 9.17) is 10.2 Å². The van der Waals surface area contributed by atoms with Gasteiger partial charge in [0.25, 0.3) is 0 Å². The third-order valence-corrected chi connectivity index (χ3v) is 3.16. The van der Waals surface area contributed by atoms with Gasteiger partial charge in [-0.1, -0.05) is 0 Å². The maximum atomic E-state index is 11.8. The van der Waals surface area contributed by atoms with Crippen LogP contribution >= 0.6 is 0 Å². The SMILES string of the molecule is CC(C)(CCC(=O)NC(Cc1c[nH]cn1)C(=O)O)C(=O)O. The summed E-state index contributed by atoms with van der Waals surface area (Å²) >= 11 is 0. The zero-order chi connectivity index (χ0) is 16.0. The van der Waals surface area contributed by atoms with Crippen molar-refractivity contribution in [1.82, 2.24) is 15.3 Å². The van der Waals surface area contributed by atoms with Gasteiger partial charge in [-0.15, -0.1) is 0 Å². The Morgan fingerprint density at radius 3 is 2.52 bits per heavy atom. The number of carboxylic acid groups (broad SMARTS) is 2. The van der Waals surface area contributed by atoms with E-state index in [-0.39, 0.29) is 19.3 Å². The highest BCUT2D eigenvalue weighted by atomic mass is 16.4. The molecular formula is C13H19N3O5. The molecule has 116 valence electrons. The second-order valence-corrected chi connectivity index (χ2v) is 5.41. The highest BCUT2D eigenvalue weighted by molar-refractivity contribution is 5.84. The number of amides is 1. The number of carboxylic acids is 2. The molecule has 4 N–H and O–H groups in total. The predicted octanol–water partition coefficient (Wildman–Crippen LogP) is 0.413. The van der Waals surface area contributed by atoms with E-state index in [0.29, 0.717) is 5.69 Å². The number of hydrogen-bond acceptors (Lipinski definition) is 4. The molecule has 1 aromatic rings. The molecule has 8 heteroatoms. The Bertz CT molecular complexity index is 510. The number of rotatable bonds is 8. The van der Waals surface area contributed by atoms with Crippen LogP contribution in [-0.4, -0.2) is 44.1 Å². The van der Waals surface area contributed by atoms with Crippen LogP contribution in [0.3, 0.4) is 0 Å². The molecule has 0 spiro atoms. The summed E-state index contributed by atoms with van der Waals surface area (Å²) in [5.74, 6) is -2.65. The van der Waals surface area contributed by atoms with Gasteiger partial charge in [-0.3, -0.25) is 9.59 Å². The Balaban J connectivity index is 2.53. The standard InChI is InChI=1S/C13H19N3O5/c1-13(2,12(20)21)4-3-10(17)16-9(11(18)19)5-8-6-14-7-15-8/h6-7,9H,3-5H2,1-2H3,(H,14,15)(H,16,17)(H,18,19)(H,20,21). The van der Waals surface area contributed by atoms with Crippen LogP contribution in [0, 0.1) is 5.41 Å². The summed E-state index contributed by atoms with van der Waals surface area (Å²) in [6.45, 7) is 3.03. The molecular weight excluding hydrogens is 278 g/mol. The van der Waals surface area contributed by atoms with Crippen LogP contribution in [0.1, 0.15) is 32.4 Å². The average molecular weight is 297 g/mol. The third kappa shape index (κ3) is 5.25. The van der Waals surface area contributed by atoms with Crippen molar-refractivity contribution in [2.45, 2.75) is 39.2 Å². The fourth-order valence-electron chi connectivity index (χ4n) is 1.61. The Kier molecular flexibility index (Phi) is 5.45. The van der Waals surface area contributed by atoms with Crippen molar-refractivity contribution >= 4 is 17.8 Å². The normalized spacial score (nSPS) is 12.7. The Morgan fingerprint density at radius 2 is 2.05 bits per heavy atom. The molecule has 8 nitrogen and oxygen atoms in total. The first-order chi connectivity index (χ1) is 9.72. The fourth-order valence-corrected chi connectivity index (χ4v) is 1.61. The Hall–Kier alpha value is -2.38. The van der Waals surface area contributed by atoms with Gasteiger partial charge in [0, 0.05) is 19.0 Å². The molecule has 1 atom stereocenters. The molecule has 1 heterocycles. The molecule has 1 amide bonds. The first-order valence-corrected chi connectivity index (χ1v) is 6.45. The summed E-state index contributed by atoms with van der Waals surface area (Å²) in [5.41, 5.74) is -0.508. The molecule has 0 aliphatic carbocycles. The number of nitrogens with zero attached hydrogens (tertiary/aromatic N) is 1. The van der Waals surface area contributed by atoms with E-state index in [1.54, 1.807) is 6.20 Å². The van der Waals surface area contributed by atoms with Crippen molar-refractivity contribution in [3.63, 3.8) is 0 Å². The lowest BCUT2D eigenvalue weighted by Crippen LogP contribution is -2.42. The Labute approximate surface area is 121 Å². The van der Waals surface area contributed by atoms with Crippen molar-refractivity contribution in [2.75, 3.05) is 0 Å². The monoisotopic (exact) mass is 297 g/mol. The average Bonchev–Trinajstić information content (AvgIpc) is 2.88. The quantitative estimate of drug-likeness (QED) is 0.549. The number of imidazole rings is 1.